The van der Waals surface area contributed by atoms with Crippen LogP contribution in [0.4, 0.5) is 4.79 Å². The fraction of sp³-hybridized carbons (Fsp3) is 0.833. The molecule has 18 heavy (non-hydrogen) atoms. The summed E-state index contributed by atoms with van der Waals surface area (Å²) in [5.74, 6) is 0.637. The maximum absolute atomic E-state index is 11.9. The summed E-state index contributed by atoms with van der Waals surface area (Å²) in [6.45, 7) is 9.31. The number of hydrogen-bond acceptors (Lipinski definition) is 4. The average molecular weight is 340 g/mol. The largest absolute Gasteiger partial charge is 0.437 e. The summed E-state index contributed by atoms with van der Waals surface area (Å²) >= 11 is 4.44. The van der Waals surface area contributed by atoms with Gasteiger partial charge < -0.3 is 10.1 Å². The molecule has 0 aliphatic heterocycles. The van der Waals surface area contributed by atoms with Gasteiger partial charge >= 0.3 is 6.09 Å². The maximum atomic E-state index is 11.9. The quantitative estimate of drug-likeness (QED) is 0.781. The van der Waals surface area contributed by atoms with E-state index in [4.69, 9.17) is 4.74 Å². The predicted octanol–water partition coefficient (Wildman–Crippen LogP) is 3.19. The zero-order valence-electron chi connectivity index (χ0n) is 11.6. The Balaban J connectivity index is 4.45. The van der Waals surface area contributed by atoms with E-state index < -0.39 is 12.2 Å². The third kappa shape index (κ3) is 7.97. The number of carbonyl (C=O) groups is 2. The number of rotatable bonds is 5. The van der Waals surface area contributed by atoms with Crippen LogP contribution in [0.15, 0.2) is 0 Å². The van der Waals surface area contributed by atoms with Crippen molar-refractivity contribution < 1.29 is 14.3 Å². The minimum atomic E-state index is -0.698. The van der Waals surface area contributed by atoms with Crippen molar-refractivity contribution in [1.82, 2.24) is 5.32 Å². The standard InChI is InChI=1S/C12H22BrNO3S/c1-8(2)9(10(15)18-7-6-13)17-11(16)14-12(3,4)5/h8-9H,6-7H2,1-5H3,(H,14,16)/t9-/m0/s1. The first-order valence-corrected chi connectivity index (χ1v) is 7.99. The molecule has 0 unspecified atom stereocenters. The highest BCUT2D eigenvalue weighted by atomic mass is 79.9. The first kappa shape index (κ1) is 17.8. The van der Waals surface area contributed by atoms with Crippen molar-refractivity contribution in [2.45, 2.75) is 46.3 Å². The van der Waals surface area contributed by atoms with Crippen LogP contribution in [0, 0.1) is 5.92 Å². The second kappa shape index (κ2) is 8.04. The van der Waals surface area contributed by atoms with Crippen LogP contribution in [0.3, 0.4) is 0 Å². The lowest BCUT2D eigenvalue weighted by Crippen LogP contribution is -2.44. The number of thioether (sulfide) groups is 1. The number of hydrogen-bond donors (Lipinski definition) is 1. The normalized spacial score (nSPS) is 13.3. The van der Waals surface area contributed by atoms with Gasteiger partial charge in [-0.25, -0.2) is 4.79 Å². The van der Waals surface area contributed by atoms with Crippen molar-refractivity contribution in [3.8, 4) is 0 Å². The molecule has 0 aromatic heterocycles. The van der Waals surface area contributed by atoms with Crippen molar-refractivity contribution in [3.05, 3.63) is 0 Å². The van der Waals surface area contributed by atoms with Gasteiger partial charge in [-0.05, 0) is 26.7 Å². The SMILES string of the molecule is CC(C)[C@H](OC(=O)NC(C)(C)C)C(=O)SCCBr. The molecule has 1 amide bonds. The lowest BCUT2D eigenvalue weighted by molar-refractivity contribution is -0.120. The number of alkyl halides is 1. The van der Waals surface area contributed by atoms with Crippen LogP contribution in [-0.4, -0.2) is 33.9 Å². The van der Waals surface area contributed by atoms with Gasteiger partial charge in [0.05, 0.1) is 0 Å². The lowest BCUT2D eigenvalue weighted by atomic mass is 10.1. The van der Waals surface area contributed by atoms with Gasteiger partial charge in [0.2, 0.25) is 5.12 Å². The van der Waals surface area contributed by atoms with Crippen LogP contribution in [0.2, 0.25) is 0 Å². The molecule has 0 saturated carbocycles. The van der Waals surface area contributed by atoms with Gasteiger partial charge in [0, 0.05) is 16.6 Å². The number of amides is 1. The van der Waals surface area contributed by atoms with Crippen LogP contribution in [0.25, 0.3) is 0 Å². The fourth-order valence-corrected chi connectivity index (χ4v) is 2.38. The van der Waals surface area contributed by atoms with Crippen molar-refractivity contribution in [3.63, 3.8) is 0 Å². The zero-order chi connectivity index (χ0) is 14.3. The highest BCUT2D eigenvalue weighted by Crippen LogP contribution is 2.17. The first-order valence-electron chi connectivity index (χ1n) is 5.88. The molecule has 1 N–H and O–H groups in total. The van der Waals surface area contributed by atoms with Crippen LogP contribution in [0.1, 0.15) is 34.6 Å². The Labute approximate surface area is 122 Å². The number of nitrogens with one attached hydrogen (secondary N) is 1. The van der Waals surface area contributed by atoms with E-state index in [1.807, 2.05) is 34.6 Å². The molecule has 4 nitrogen and oxygen atoms in total. The molecule has 106 valence electrons. The molecule has 0 aliphatic carbocycles. The van der Waals surface area contributed by atoms with Gasteiger partial charge in [-0.15, -0.1) is 0 Å². The summed E-state index contributed by atoms with van der Waals surface area (Å²) in [7, 11) is 0. The summed E-state index contributed by atoms with van der Waals surface area (Å²) < 4.78 is 5.21. The van der Waals surface area contributed by atoms with Gasteiger partial charge in [0.25, 0.3) is 0 Å². The average Bonchev–Trinajstić information content (AvgIpc) is 2.19. The maximum Gasteiger partial charge on any atom is 0.408 e. The van der Waals surface area contributed by atoms with Crippen LogP contribution < -0.4 is 5.32 Å². The Morgan fingerprint density at radius 2 is 1.89 bits per heavy atom. The molecule has 0 rings (SSSR count). The van der Waals surface area contributed by atoms with Gasteiger partial charge in [-0.3, -0.25) is 4.79 Å². The van der Waals surface area contributed by atoms with E-state index in [0.717, 1.165) is 5.33 Å². The summed E-state index contributed by atoms with van der Waals surface area (Å²) in [6, 6.07) is 0. The van der Waals surface area contributed by atoms with E-state index in [-0.39, 0.29) is 16.6 Å². The van der Waals surface area contributed by atoms with Gasteiger partial charge in [0.1, 0.15) is 0 Å². The highest BCUT2D eigenvalue weighted by Gasteiger charge is 2.27. The molecule has 0 saturated heterocycles. The second-order valence-corrected chi connectivity index (χ2v) is 7.19. The van der Waals surface area contributed by atoms with Crippen LogP contribution in [0.5, 0.6) is 0 Å². The lowest BCUT2D eigenvalue weighted by Gasteiger charge is -2.24. The molecular formula is C12H22BrNO3S. The monoisotopic (exact) mass is 339 g/mol. The molecule has 6 heteroatoms. The van der Waals surface area contributed by atoms with Crippen molar-refractivity contribution in [2.24, 2.45) is 5.92 Å². The first-order chi connectivity index (χ1) is 8.17. The Bertz CT molecular complexity index is 290. The van der Waals surface area contributed by atoms with E-state index in [1.165, 1.54) is 11.8 Å². The zero-order valence-corrected chi connectivity index (χ0v) is 14.0. The predicted molar refractivity (Wildman–Crippen MR) is 79.3 cm³/mol. The Morgan fingerprint density at radius 3 is 2.28 bits per heavy atom. The van der Waals surface area contributed by atoms with E-state index in [0.29, 0.717) is 5.75 Å². The molecule has 0 aliphatic rings. The minimum absolute atomic E-state index is 0.0361. The summed E-state index contributed by atoms with van der Waals surface area (Å²) in [4.78, 5) is 23.5. The number of alkyl carbamates (subject to hydrolysis) is 1. The van der Waals surface area contributed by atoms with E-state index >= 15 is 0 Å². The Morgan fingerprint density at radius 1 is 1.33 bits per heavy atom. The Hall–Kier alpha value is -0.230. The number of ether oxygens (including phenoxy) is 1. The summed E-state index contributed by atoms with van der Waals surface area (Å²) in [5.41, 5.74) is -0.370. The van der Waals surface area contributed by atoms with Crippen LogP contribution >= 0.6 is 27.7 Å². The summed E-state index contributed by atoms with van der Waals surface area (Å²) in [5, 5.41) is 3.32. The minimum Gasteiger partial charge on any atom is -0.437 e. The third-order valence-electron chi connectivity index (χ3n) is 1.87. The van der Waals surface area contributed by atoms with E-state index in [2.05, 4.69) is 21.2 Å². The fourth-order valence-electron chi connectivity index (χ4n) is 1.13. The van der Waals surface area contributed by atoms with Crippen molar-refractivity contribution in [1.29, 1.82) is 0 Å². The molecule has 0 aromatic carbocycles. The van der Waals surface area contributed by atoms with Gasteiger partial charge in [0.15, 0.2) is 6.10 Å². The number of halogens is 1. The van der Waals surface area contributed by atoms with Gasteiger partial charge in [-0.2, -0.15) is 0 Å². The molecule has 0 radical (unpaired) electrons. The second-order valence-electron chi connectivity index (χ2n) is 5.30. The Kier molecular flexibility index (Phi) is 7.94. The molecule has 0 bridgehead atoms. The van der Waals surface area contributed by atoms with Crippen LogP contribution in [-0.2, 0) is 9.53 Å². The van der Waals surface area contributed by atoms with Gasteiger partial charge in [-0.1, -0.05) is 41.5 Å². The smallest absolute Gasteiger partial charge is 0.408 e. The highest BCUT2D eigenvalue weighted by molar-refractivity contribution is 9.09. The van der Waals surface area contributed by atoms with Crippen molar-refractivity contribution in [2.75, 3.05) is 11.1 Å². The van der Waals surface area contributed by atoms with E-state index in [1.54, 1.807) is 0 Å². The third-order valence-corrected chi connectivity index (χ3v) is 3.72. The van der Waals surface area contributed by atoms with E-state index in [9.17, 15) is 9.59 Å². The topological polar surface area (TPSA) is 55.4 Å². The molecule has 1 atom stereocenters. The molecule has 0 spiro atoms. The number of carbonyl (C=O) groups excluding carboxylic acids is 2. The molecule has 0 heterocycles. The molecule has 0 aromatic rings. The van der Waals surface area contributed by atoms with Crippen molar-refractivity contribution >= 4 is 38.9 Å². The molecule has 0 fully saturated rings. The summed E-state index contributed by atoms with van der Waals surface area (Å²) in [6.07, 6.45) is -1.25. The molecular weight excluding hydrogens is 318 g/mol.